The number of carbonyl (C=O) groups excluding carboxylic acids is 1. The summed E-state index contributed by atoms with van der Waals surface area (Å²) < 4.78 is 122. The van der Waals surface area contributed by atoms with Crippen molar-refractivity contribution in [2.75, 3.05) is 4.72 Å². The van der Waals surface area contributed by atoms with Gasteiger partial charge in [-0.25, -0.2) is 0 Å². The zero-order chi connectivity index (χ0) is 25.9. The lowest BCUT2D eigenvalue weighted by molar-refractivity contribution is -0.336. The second-order valence-electron chi connectivity index (χ2n) is 8.52. The van der Waals surface area contributed by atoms with E-state index in [4.69, 9.17) is 0 Å². The first-order valence-corrected chi connectivity index (χ1v) is 10.7. The lowest BCUT2D eigenvalue weighted by atomic mass is 9.39. The molecule has 0 saturated heterocycles. The fourth-order valence-electron chi connectivity index (χ4n) is 4.36. The van der Waals surface area contributed by atoms with Crippen LogP contribution in [0.1, 0.15) is 35.2 Å². The first-order chi connectivity index (χ1) is 16.0. The van der Waals surface area contributed by atoms with Gasteiger partial charge in [0.2, 0.25) is 0 Å². The fourth-order valence-corrected chi connectivity index (χ4v) is 5.02. The van der Waals surface area contributed by atoms with E-state index in [0.717, 1.165) is 30.1 Å². The van der Waals surface area contributed by atoms with Crippen LogP contribution in [0.15, 0.2) is 47.4 Å². The number of nitrogens with one attached hydrogen (secondary N) is 2. The second kappa shape index (κ2) is 8.14. The third kappa shape index (κ3) is 5.11. The molecule has 5 rings (SSSR count). The molecule has 35 heavy (non-hydrogen) atoms. The molecule has 3 aliphatic carbocycles. The van der Waals surface area contributed by atoms with Crippen LogP contribution in [0.4, 0.5) is 45.2 Å². The molecule has 3 fully saturated rings. The Bertz CT molecular complexity index is 1110. The molecular formula is C21H15F9N2O2S. The number of alkyl halides is 9. The normalized spacial score (nSPS) is 23.7. The van der Waals surface area contributed by atoms with Gasteiger partial charge in [-0.3, -0.25) is 4.79 Å². The van der Waals surface area contributed by atoms with Gasteiger partial charge < -0.3 is 14.8 Å². The maximum absolute atomic E-state index is 13.2. The average molecular weight is 530 g/mol. The predicted molar refractivity (Wildman–Crippen MR) is 107 cm³/mol. The van der Waals surface area contributed by atoms with Crippen LogP contribution >= 0.6 is 11.9 Å². The third-order valence-corrected chi connectivity index (χ3v) is 6.77. The largest absolute Gasteiger partial charge is 0.573 e. The van der Waals surface area contributed by atoms with Gasteiger partial charge >= 0.3 is 18.7 Å². The molecule has 4 nitrogen and oxygen atoms in total. The molecule has 0 unspecified atom stereocenters. The summed E-state index contributed by atoms with van der Waals surface area (Å²) in [6.07, 6.45) is -14.9. The smallest absolute Gasteiger partial charge is 0.406 e. The van der Waals surface area contributed by atoms with Gasteiger partial charge in [0.25, 0.3) is 5.91 Å². The minimum absolute atomic E-state index is 0.228. The van der Waals surface area contributed by atoms with Gasteiger partial charge in [0.1, 0.15) is 5.75 Å². The highest BCUT2D eigenvalue weighted by molar-refractivity contribution is 8.00. The van der Waals surface area contributed by atoms with E-state index in [9.17, 15) is 44.3 Å². The van der Waals surface area contributed by atoms with Gasteiger partial charge in [0, 0.05) is 10.4 Å². The number of ether oxygens (including phenoxy) is 1. The Hall–Kier alpha value is -2.77. The van der Waals surface area contributed by atoms with E-state index in [0.29, 0.717) is 12.1 Å². The van der Waals surface area contributed by atoms with Crippen LogP contribution in [0.3, 0.4) is 0 Å². The third-order valence-electron chi connectivity index (χ3n) is 5.94. The number of halogens is 9. The molecule has 190 valence electrons. The van der Waals surface area contributed by atoms with Crippen LogP contribution in [0.2, 0.25) is 0 Å². The molecule has 1 amide bonds. The molecule has 2 N–H and O–H groups in total. The summed E-state index contributed by atoms with van der Waals surface area (Å²) in [7, 11) is 0. The molecule has 2 bridgehead atoms. The van der Waals surface area contributed by atoms with Gasteiger partial charge in [-0.15, -0.1) is 13.2 Å². The molecule has 0 atom stereocenters. The summed E-state index contributed by atoms with van der Waals surface area (Å²) >= 11 is 0.719. The van der Waals surface area contributed by atoms with Crippen LogP contribution in [-0.2, 0) is 6.18 Å². The van der Waals surface area contributed by atoms with E-state index in [-0.39, 0.29) is 35.4 Å². The van der Waals surface area contributed by atoms with Crippen LogP contribution < -0.4 is 14.8 Å². The molecule has 2 aromatic rings. The molecule has 0 aliphatic heterocycles. The van der Waals surface area contributed by atoms with Crippen LogP contribution in [0.5, 0.6) is 5.75 Å². The minimum Gasteiger partial charge on any atom is -0.406 e. The summed E-state index contributed by atoms with van der Waals surface area (Å²) in [5, 5.41) is 2.51. The molecular weight excluding hydrogens is 515 g/mol. The first-order valence-electron chi connectivity index (χ1n) is 9.90. The molecule has 14 heteroatoms. The molecule has 0 radical (unpaired) electrons. The SMILES string of the molecule is O=C(NC12CC(C(F)(F)F)(C1)C2)c1ccc(C(F)(F)F)cc1NSc1ccc(OC(F)(F)F)cc1. The van der Waals surface area contributed by atoms with E-state index >= 15 is 0 Å². The summed E-state index contributed by atoms with van der Waals surface area (Å²) in [6, 6.07) is 6.67. The van der Waals surface area contributed by atoms with E-state index in [1.807, 2.05) is 0 Å². The monoisotopic (exact) mass is 530 g/mol. The van der Waals surface area contributed by atoms with Crippen molar-refractivity contribution in [1.29, 1.82) is 0 Å². The fraction of sp³-hybridized carbons (Fsp3) is 0.381. The maximum Gasteiger partial charge on any atom is 0.573 e. The maximum atomic E-state index is 13.2. The number of carbonyl (C=O) groups is 1. The topological polar surface area (TPSA) is 50.4 Å². The quantitative estimate of drug-likeness (QED) is 0.314. The average Bonchev–Trinajstić information content (AvgIpc) is 2.65. The Labute approximate surface area is 196 Å². The number of anilines is 1. The lowest BCUT2D eigenvalue weighted by Crippen LogP contribution is -2.78. The minimum atomic E-state index is -4.90. The number of amides is 1. The van der Waals surface area contributed by atoms with Gasteiger partial charge in [0.15, 0.2) is 0 Å². The Morgan fingerprint density at radius 2 is 1.49 bits per heavy atom. The standard InChI is InChI=1S/C21H15F9N2O2S/c22-19(23,24)11-1-6-14(16(33)31-18-8-17(9-18,10-18)20(25,26)27)15(7-11)32-35-13-4-2-12(3-5-13)34-21(28,29)30/h1-7,32H,8-10H2,(H,31,33). The molecule has 0 spiro atoms. The predicted octanol–water partition coefficient (Wildman–Crippen LogP) is 6.94. The highest BCUT2D eigenvalue weighted by Gasteiger charge is 2.79. The number of hydrogen-bond acceptors (Lipinski definition) is 4. The van der Waals surface area contributed by atoms with E-state index in [1.165, 1.54) is 12.1 Å². The van der Waals surface area contributed by atoms with Crippen molar-refractivity contribution in [3.05, 3.63) is 53.6 Å². The van der Waals surface area contributed by atoms with Crippen LogP contribution in [0.25, 0.3) is 0 Å². The zero-order valence-corrected chi connectivity index (χ0v) is 18.1. The molecule has 0 heterocycles. The highest BCUT2D eigenvalue weighted by Crippen LogP contribution is 2.73. The van der Waals surface area contributed by atoms with Crippen molar-refractivity contribution in [1.82, 2.24) is 5.32 Å². The number of rotatable bonds is 6. The zero-order valence-electron chi connectivity index (χ0n) is 17.3. The van der Waals surface area contributed by atoms with Crippen molar-refractivity contribution in [3.8, 4) is 5.75 Å². The van der Waals surface area contributed by atoms with E-state index in [2.05, 4.69) is 14.8 Å². The second-order valence-corrected chi connectivity index (χ2v) is 9.40. The lowest BCUT2D eigenvalue weighted by Gasteiger charge is -2.70. The molecule has 0 aromatic heterocycles. The Kier molecular flexibility index (Phi) is 5.89. The Morgan fingerprint density at radius 3 is 2.00 bits per heavy atom. The van der Waals surface area contributed by atoms with Crippen molar-refractivity contribution in [2.24, 2.45) is 5.41 Å². The molecule has 3 aliphatic rings. The van der Waals surface area contributed by atoms with Crippen molar-refractivity contribution < 1.29 is 49.0 Å². The highest BCUT2D eigenvalue weighted by atomic mass is 32.2. The van der Waals surface area contributed by atoms with Crippen LogP contribution in [0, 0.1) is 5.41 Å². The van der Waals surface area contributed by atoms with E-state index < -0.39 is 46.9 Å². The summed E-state index contributed by atoms with van der Waals surface area (Å²) in [5.74, 6) is -1.35. The first kappa shape index (κ1) is 25.3. The summed E-state index contributed by atoms with van der Waals surface area (Å²) in [4.78, 5) is 13.0. The van der Waals surface area contributed by atoms with Crippen LogP contribution in [-0.4, -0.2) is 24.0 Å². The van der Waals surface area contributed by atoms with Crippen molar-refractivity contribution >= 4 is 23.5 Å². The Morgan fingerprint density at radius 1 is 0.886 bits per heavy atom. The van der Waals surface area contributed by atoms with E-state index in [1.54, 1.807) is 0 Å². The van der Waals surface area contributed by atoms with Crippen molar-refractivity contribution in [2.45, 2.75) is 48.4 Å². The Balaban J connectivity index is 1.48. The summed E-state index contributed by atoms with van der Waals surface area (Å²) in [6.45, 7) is 0. The summed E-state index contributed by atoms with van der Waals surface area (Å²) in [5.41, 5.74) is -4.44. The molecule has 3 saturated carbocycles. The number of benzene rings is 2. The molecule has 2 aromatic carbocycles. The van der Waals surface area contributed by atoms with Crippen molar-refractivity contribution in [3.63, 3.8) is 0 Å². The van der Waals surface area contributed by atoms with Gasteiger partial charge in [0.05, 0.1) is 22.2 Å². The van der Waals surface area contributed by atoms with Gasteiger partial charge in [-0.05, 0) is 73.7 Å². The van der Waals surface area contributed by atoms with Gasteiger partial charge in [-0.1, -0.05) is 0 Å². The number of hydrogen-bond donors (Lipinski definition) is 2. The van der Waals surface area contributed by atoms with Gasteiger partial charge in [-0.2, -0.15) is 26.3 Å².